The Morgan fingerprint density at radius 1 is 0.577 bits per heavy atom. The molecule has 26 heavy (non-hydrogen) atoms. The summed E-state index contributed by atoms with van der Waals surface area (Å²) < 4.78 is 0. The number of aromatic nitrogens is 1. The molecule has 4 rings (SSSR count). The van der Waals surface area contributed by atoms with Crippen molar-refractivity contribution in [3.63, 3.8) is 0 Å². The highest BCUT2D eigenvalue weighted by atomic mass is 14.7. The van der Waals surface area contributed by atoms with E-state index in [2.05, 4.69) is 92.7 Å². The Bertz CT molecular complexity index is 1030. The third kappa shape index (κ3) is 3.29. The predicted octanol–water partition coefficient (Wildman–Crippen LogP) is 6.70. The molecule has 0 atom stereocenters. The van der Waals surface area contributed by atoms with Crippen LogP contribution in [0.4, 0.5) is 0 Å². The van der Waals surface area contributed by atoms with Crippen molar-refractivity contribution < 1.29 is 0 Å². The first-order valence-electron chi connectivity index (χ1n) is 8.90. The molecule has 126 valence electrons. The van der Waals surface area contributed by atoms with Crippen LogP contribution in [-0.2, 0) is 0 Å². The summed E-state index contributed by atoms with van der Waals surface area (Å²) in [6.45, 7) is 4.26. The molecule has 1 heteroatoms. The van der Waals surface area contributed by atoms with E-state index in [1.165, 1.54) is 33.4 Å². The van der Waals surface area contributed by atoms with Gasteiger partial charge in [-0.05, 0) is 48.2 Å². The fourth-order valence-electron chi connectivity index (χ4n) is 3.24. The number of nitrogens with zero attached hydrogens (tertiary/aromatic N) is 1. The number of hydrogen-bond donors (Lipinski definition) is 0. The molecular weight excluding hydrogens is 314 g/mol. The predicted molar refractivity (Wildman–Crippen MR) is 110 cm³/mol. The van der Waals surface area contributed by atoms with Crippen LogP contribution in [0.2, 0.25) is 0 Å². The Hall–Kier alpha value is -3.19. The number of rotatable bonds is 3. The van der Waals surface area contributed by atoms with Crippen LogP contribution in [0.3, 0.4) is 0 Å². The highest BCUT2D eigenvalue weighted by Gasteiger charge is 2.07. The van der Waals surface area contributed by atoms with Gasteiger partial charge in [0.05, 0.1) is 5.69 Å². The smallest absolute Gasteiger partial charge is 0.0705 e. The lowest BCUT2D eigenvalue weighted by molar-refractivity contribution is 1.28. The minimum atomic E-state index is 1.02. The second-order valence-electron chi connectivity index (χ2n) is 6.70. The van der Waals surface area contributed by atoms with Crippen molar-refractivity contribution in [2.75, 3.05) is 0 Å². The van der Waals surface area contributed by atoms with E-state index in [4.69, 9.17) is 4.98 Å². The average molecular weight is 335 g/mol. The topological polar surface area (TPSA) is 12.9 Å². The van der Waals surface area contributed by atoms with E-state index < -0.39 is 0 Å². The van der Waals surface area contributed by atoms with E-state index in [0.717, 1.165) is 11.3 Å². The highest BCUT2D eigenvalue weighted by Crippen LogP contribution is 2.30. The van der Waals surface area contributed by atoms with Crippen LogP contribution >= 0.6 is 0 Å². The molecule has 0 amide bonds. The molecule has 0 saturated heterocycles. The molecular formula is C25H21N. The lowest BCUT2D eigenvalue weighted by Gasteiger charge is -2.10. The molecule has 0 saturated carbocycles. The Labute approximate surface area is 155 Å². The summed E-state index contributed by atoms with van der Waals surface area (Å²) >= 11 is 0. The summed E-state index contributed by atoms with van der Waals surface area (Å²) in [6, 6.07) is 29.8. The highest BCUT2D eigenvalue weighted by molar-refractivity contribution is 5.75. The second kappa shape index (κ2) is 6.97. The first-order chi connectivity index (χ1) is 12.7. The van der Waals surface area contributed by atoms with Gasteiger partial charge >= 0.3 is 0 Å². The Balaban J connectivity index is 1.71. The summed E-state index contributed by atoms with van der Waals surface area (Å²) in [5, 5.41) is 0. The maximum absolute atomic E-state index is 4.72. The van der Waals surface area contributed by atoms with Gasteiger partial charge in [0.25, 0.3) is 0 Å². The monoisotopic (exact) mass is 335 g/mol. The van der Waals surface area contributed by atoms with E-state index in [9.17, 15) is 0 Å². The van der Waals surface area contributed by atoms with E-state index in [0.29, 0.717) is 0 Å². The molecule has 0 unspecified atom stereocenters. The Morgan fingerprint density at radius 2 is 1.27 bits per heavy atom. The maximum Gasteiger partial charge on any atom is 0.0705 e. The summed E-state index contributed by atoms with van der Waals surface area (Å²) in [6.07, 6.45) is 1.99. The minimum Gasteiger partial charge on any atom is -0.256 e. The molecule has 0 bridgehead atoms. The van der Waals surface area contributed by atoms with E-state index in [1.54, 1.807) is 0 Å². The van der Waals surface area contributed by atoms with Gasteiger partial charge < -0.3 is 0 Å². The van der Waals surface area contributed by atoms with Crippen LogP contribution in [0.5, 0.6) is 0 Å². The van der Waals surface area contributed by atoms with Crippen molar-refractivity contribution in [2.24, 2.45) is 0 Å². The van der Waals surface area contributed by atoms with Crippen LogP contribution in [-0.4, -0.2) is 4.98 Å². The molecule has 0 aliphatic heterocycles. The third-order valence-corrected chi connectivity index (χ3v) is 4.74. The average Bonchev–Trinajstić information content (AvgIpc) is 2.69. The molecule has 3 aromatic carbocycles. The third-order valence-electron chi connectivity index (χ3n) is 4.74. The second-order valence-corrected chi connectivity index (χ2v) is 6.70. The van der Waals surface area contributed by atoms with Crippen molar-refractivity contribution in [1.29, 1.82) is 0 Å². The molecule has 1 nitrogen and oxygen atoms in total. The van der Waals surface area contributed by atoms with Gasteiger partial charge in [-0.3, -0.25) is 4.98 Å². The van der Waals surface area contributed by atoms with Crippen LogP contribution < -0.4 is 0 Å². The van der Waals surface area contributed by atoms with Gasteiger partial charge in [-0.15, -0.1) is 0 Å². The summed E-state index contributed by atoms with van der Waals surface area (Å²) in [4.78, 5) is 4.72. The fourth-order valence-corrected chi connectivity index (χ4v) is 3.24. The number of benzene rings is 3. The molecule has 1 heterocycles. The van der Waals surface area contributed by atoms with Crippen molar-refractivity contribution in [3.8, 4) is 33.5 Å². The van der Waals surface area contributed by atoms with Gasteiger partial charge in [-0.1, -0.05) is 78.4 Å². The molecule has 0 aliphatic rings. The number of hydrogen-bond acceptors (Lipinski definition) is 1. The standard InChI is InChI=1S/C25H21N/c1-18-11-13-21(14-12-18)25-15-19(2)24(17-26-25)23-10-6-9-22(16-23)20-7-4-3-5-8-20/h3-17H,1-2H3. The largest absolute Gasteiger partial charge is 0.256 e. The van der Waals surface area contributed by atoms with Gasteiger partial charge in [0, 0.05) is 17.3 Å². The van der Waals surface area contributed by atoms with E-state index in [-0.39, 0.29) is 0 Å². The molecule has 0 fully saturated rings. The Morgan fingerprint density at radius 3 is 2.00 bits per heavy atom. The van der Waals surface area contributed by atoms with Gasteiger partial charge in [0.2, 0.25) is 0 Å². The van der Waals surface area contributed by atoms with Gasteiger partial charge in [0.15, 0.2) is 0 Å². The summed E-state index contributed by atoms with van der Waals surface area (Å²) in [7, 11) is 0. The molecule has 0 radical (unpaired) electrons. The fraction of sp³-hybridized carbons (Fsp3) is 0.0800. The van der Waals surface area contributed by atoms with Gasteiger partial charge in [-0.2, -0.15) is 0 Å². The number of pyridine rings is 1. The SMILES string of the molecule is Cc1ccc(-c2cc(C)c(-c3cccc(-c4ccccc4)c3)cn2)cc1. The quantitative estimate of drug-likeness (QED) is 0.406. The van der Waals surface area contributed by atoms with Gasteiger partial charge in [0.1, 0.15) is 0 Å². The molecule has 1 aromatic heterocycles. The van der Waals surface area contributed by atoms with E-state index in [1.807, 2.05) is 12.3 Å². The number of aryl methyl sites for hydroxylation is 2. The van der Waals surface area contributed by atoms with Crippen LogP contribution in [0.15, 0.2) is 91.1 Å². The zero-order valence-corrected chi connectivity index (χ0v) is 15.1. The van der Waals surface area contributed by atoms with Crippen LogP contribution in [0.25, 0.3) is 33.5 Å². The molecule has 4 aromatic rings. The summed E-state index contributed by atoms with van der Waals surface area (Å²) in [5.41, 5.74) is 9.51. The molecule has 0 N–H and O–H groups in total. The molecule has 0 spiro atoms. The van der Waals surface area contributed by atoms with E-state index >= 15 is 0 Å². The Kier molecular flexibility index (Phi) is 4.37. The molecule has 0 aliphatic carbocycles. The van der Waals surface area contributed by atoms with Crippen LogP contribution in [0, 0.1) is 13.8 Å². The minimum absolute atomic E-state index is 1.02. The van der Waals surface area contributed by atoms with Crippen molar-refractivity contribution in [3.05, 3.63) is 102 Å². The van der Waals surface area contributed by atoms with Crippen molar-refractivity contribution in [1.82, 2.24) is 4.98 Å². The zero-order chi connectivity index (χ0) is 17.9. The first kappa shape index (κ1) is 16.3. The van der Waals surface area contributed by atoms with Crippen molar-refractivity contribution >= 4 is 0 Å². The zero-order valence-electron chi connectivity index (χ0n) is 15.1. The van der Waals surface area contributed by atoms with Crippen LogP contribution in [0.1, 0.15) is 11.1 Å². The van der Waals surface area contributed by atoms with Crippen molar-refractivity contribution in [2.45, 2.75) is 13.8 Å². The maximum atomic E-state index is 4.72. The summed E-state index contributed by atoms with van der Waals surface area (Å²) in [5.74, 6) is 0. The lowest BCUT2D eigenvalue weighted by atomic mass is 9.97. The van der Waals surface area contributed by atoms with Gasteiger partial charge in [-0.25, -0.2) is 0 Å². The first-order valence-corrected chi connectivity index (χ1v) is 8.90. The normalized spacial score (nSPS) is 10.7. The lowest BCUT2D eigenvalue weighted by Crippen LogP contribution is -1.90.